The average molecular weight is 686 g/mol. The van der Waals surface area contributed by atoms with Crippen molar-refractivity contribution in [2.75, 3.05) is 38.1 Å². The van der Waals surface area contributed by atoms with Gasteiger partial charge in [-0.15, -0.1) is 0 Å². The van der Waals surface area contributed by atoms with Crippen molar-refractivity contribution < 1.29 is 14.3 Å². The van der Waals surface area contributed by atoms with Crippen molar-refractivity contribution in [2.45, 2.75) is 25.8 Å². The van der Waals surface area contributed by atoms with Crippen LogP contribution in [-0.4, -0.2) is 59.5 Å². The van der Waals surface area contributed by atoms with E-state index in [1.54, 1.807) is 30.3 Å². The molecule has 0 saturated carbocycles. The third-order valence-corrected chi connectivity index (χ3v) is 8.60. The number of nitrogens with zero attached hydrogens (tertiary/aromatic N) is 2. The summed E-state index contributed by atoms with van der Waals surface area (Å²) in [5.74, 6) is 0.245. The summed E-state index contributed by atoms with van der Waals surface area (Å²) in [4.78, 5) is 31.0. The standard InChI is InChI=1S/C36H37BrN4O3S/c1-2-3-24-44-32-19-18-28(25-30(32)37)34(42)39-36(45)38-31-17-11-10-16-29(31)35(43)41-22-20-40(21-23-41)33(26-12-6-4-7-13-26)27-14-8-5-9-15-27/h4-19,25,33H,2-3,20-24H2,1H3,(H2,38,39,42,45). The molecule has 4 aromatic rings. The van der Waals surface area contributed by atoms with Gasteiger partial charge in [0.1, 0.15) is 5.75 Å². The lowest BCUT2D eigenvalue weighted by Crippen LogP contribution is -2.50. The van der Waals surface area contributed by atoms with Crippen molar-refractivity contribution >= 4 is 50.8 Å². The highest BCUT2D eigenvalue weighted by Crippen LogP contribution is 2.30. The van der Waals surface area contributed by atoms with Gasteiger partial charge in [-0.05, 0) is 76.0 Å². The maximum atomic E-state index is 13.7. The van der Waals surface area contributed by atoms with Crippen LogP contribution in [-0.2, 0) is 0 Å². The second-order valence-electron chi connectivity index (χ2n) is 10.9. The number of halogens is 1. The van der Waals surface area contributed by atoms with Gasteiger partial charge in [-0.1, -0.05) is 86.1 Å². The molecule has 45 heavy (non-hydrogen) atoms. The monoisotopic (exact) mass is 684 g/mol. The molecule has 7 nitrogen and oxygen atoms in total. The van der Waals surface area contributed by atoms with Crippen LogP contribution in [0.2, 0.25) is 0 Å². The van der Waals surface area contributed by atoms with Gasteiger partial charge >= 0.3 is 0 Å². The molecule has 1 saturated heterocycles. The number of anilines is 1. The molecule has 5 rings (SSSR count). The first-order valence-electron chi connectivity index (χ1n) is 15.2. The van der Waals surface area contributed by atoms with Crippen molar-refractivity contribution in [3.63, 3.8) is 0 Å². The summed E-state index contributed by atoms with van der Waals surface area (Å²) in [6.07, 6.45) is 2.00. The van der Waals surface area contributed by atoms with Gasteiger partial charge < -0.3 is 15.0 Å². The van der Waals surface area contributed by atoms with E-state index >= 15 is 0 Å². The SMILES string of the molecule is CCCCOc1ccc(C(=O)NC(=S)Nc2ccccc2C(=O)N2CCN(C(c3ccccc3)c3ccccc3)CC2)cc1Br. The lowest BCUT2D eigenvalue weighted by atomic mass is 9.96. The maximum absolute atomic E-state index is 13.7. The number of carbonyl (C=O) groups is 2. The molecule has 0 atom stereocenters. The summed E-state index contributed by atoms with van der Waals surface area (Å²) in [5.41, 5.74) is 3.94. The lowest BCUT2D eigenvalue weighted by molar-refractivity contribution is 0.0598. The van der Waals surface area contributed by atoms with Gasteiger partial charge in [0.15, 0.2) is 5.11 Å². The quantitative estimate of drug-likeness (QED) is 0.135. The fourth-order valence-electron chi connectivity index (χ4n) is 5.43. The Balaban J connectivity index is 1.21. The van der Waals surface area contributed by atoms with Gasteiger partial charge in [0.25, 0.3) is 11.8 Å². The predicted octanol–water partition coefficient (Wildman–Crippen LogP) is 7.30. The summed E-state index contributed by atoms with van der Waals surface area (Å²) in [7, 11) is 0. The molecular formula is C36H37BrN4O3S. The summed E-state index contributed by atoms with van der Waals surface area (Å²) >= 11 is 8.96. The van der Waals surface area contributed by atoms with Crippen LogP contribution in [0.1, 0.15) is 57.7 Å². The fraction of sp³-hybridized carbons (Fsp3) is 0.250. The van der Waals surface area contributed by atoms with E-state index < -0.39 is 0 Å². The highest BCUT2D eigenvalue weighted by atomic mass is 79.9. The first-order chi connectivity index (χ1) is 21.9. The highest BCUT2D eigenvalue weighted by molar-refractivity contribution is 9.10. The number of hydrogen-bond donors (Lipinski definition) is 2. The number of piperazine rings is 1. The molecule has 1 aliphatic heterocycles. The Bertz CT molecular complexity index is 1570. The van der Waals surface area contributed by atoms with Crippen LogP contribution < -0.4 is 15.4 Å². The van der Waals surface area contributed by atoms with Gasteiger partial charge in [-0.2, -0.15) is 0 Å². The van der Waals surface area contributed by atoms with Crippen molar-refractivity contribution in [3.05, 3.63) is 130 Å². The van der Waals surface area contributed by atoms with Gasteiger partial charge in [-0.3, -0.25) is 19.8 Å². The number of ether oxygens (including phenoxy) is 1. The second-order valence-corrected chi connectivity index (χ2v) is 12.1. The molecule has 232 valence electrons. The molecule has 1 aliphatic rings. The molecule has 1 heterocycles. The summed E-state index contributed by atoms with van der Waals surface area (Å²) in [6, 6.07) is 33.5. The Hall–Kier alpha value is -4.05. The number of hydrogen-bond acceptors (Lipinski definition) is 5. The number of thiocarbonyl (C=S) groups is 1. The molecule has 9 heteroatoms. The van der Waals surface area contributed by atoms with E-state index in [9.17, 15) is 9.59 Å². The van der Waals surface area contributed by atoms with E-state index in [4.69, 9.17) is 17.0 Å². The molecule has 2 N–H and O–H groups in total. The Morgan fingerprint density at radius 2 is 1.49 bits per heavy atom. The molecular weight excluding hydrogens is 648 g/mol. The molecule has 0 aromatic heterocycles. The van der Waals surface area contributed by atoms with Crippen LogP contribution >= 0.6 is 28.1 Å². The van der Waals surface area contributed by atoms with E-state index in [0.29, 0.717) is 46.7 Å². The normalized spacial score (nSPS) is 13.4. The van der Waals surface area contributed by atoms with Crippen LogP contribution in [0, 0.1) is 0 Å². The Kier molecular flexibility index (Phi) is 11.4. The number of unbranched alkanes of at least 4 members (excludes halogenated alkanes) is 1. The summed E-state index contributed by atoms with van der Waals surface area (Å²) in [5, 5.41) is 5.90. The zero-order chi connectivity index (χ0) is 31.6. The van der Waals surface area contributed by atoms with E-state index in [0.717, 1.165) is 25.9 Å². The number of rotatable bonds is 10. The zero-order valence-electron chi connectivity index (χ0n) is 25.2. The highest BCUT2D eigenvalue weighted by Gasteiger charge is 2.29. The Morgan fingerprint density at radius 3 is 2.11 bits per heavy atom. The van der Waals surface area contributed by atoms with Crippen LogP contribution in [0.4, 0.5) is 5.69 Å². The molecule has 0 aliphatic carbocycles. The minimum atomic E-state index is -0.361. The average Bonchev–Trinajstić information content (AvgIpc) is 3.07. The van der Waals surface area contributed by atoms with Crippen molar-refractivity contribution in [1.82, 2.24) is 15.1 Å². The van der Waals surface area contributed by atoms with Gasteiger partial charge in [-0.25, -0.2) is 0 Å². The molecule has 4 aromatic carbocycles. The molecule has 1 fully saturated rings. The van der Waals surface area contributed by atoms with Gasteiger partial charge in [0.2, 0.25) is 0 Å². The minimum Gasteiger partial charge on any atom is -0.492 e. The van der Waals surface area contributed by atoms with Crippen LogP contribution in [0.15, 0.2) is 108 Å². The fourth-order valence-corrected chi connectivity index (χ4v) is 6.13. The molecule has 2 amide bonds. The first-order valence-corrected chi connectivity index (χ1v) is 16.4. The summed E-state index contributed by atoms with van der Waals surface area (Å²) in [6.45, 7) is 5.39. The van der Waals surface area contributed by atoms with Crippen LogP contribution in [0.25, 0.3) is 0 Å². The topological polar surface area (TPSA) is 73.9 Å². The van der Waals surface area contributed by atoms with Crippen molar-refractivity contribution in [3.8, 4) is 5.75 Å². The summed E-state index contributed by atoms with van der Waals surface area (Å²) < 4.78 is 6.45. The van der Waals surface area contributed by atoms with E-state index in [1.807, 2.05) is 29.2 Å². The van der Waals surface area contributed by atoms with Gasteiger partial charge in [0, 0.05) is 31.7 Å². The number of carbonyl (C=O) groups excluding carboxylic acids is 2. The molecule has 0 radical (unpaired) electrons. The number of amides is 2. The third kappa shape index (κ3) is 8.36. The zero-order valence-corrected chi connectivity index (χ0v) is 27.6. The van der Waals surface area contributed by atoms with E-state index in [-0.39, 0.29) is 23.0 Å². The van der Waals surface area contributed by atoms with E-state index in [2.05, 4.69) is 86.9 Å². The predicted molar refractivity (Wildman–Crippen MR) is 187 cm³/mol. The first kappa shape index (κ1) is 32.3. The number of para-hydroxylation sites is 1. The number of benzene rings is 4. The molecule has 0 spiro atoms. The van der Waals surface area contributed by atoms with Crippen LogP contribution in [0.5, 0.6) is 5.75 Å². The minimum absolute atomic E-state index is 0.0783. The van der Waals surface area contributed by atoms with Crippen molar-refractivity contribution in [2.24, 2.45) is 0 Å². The maximum Gasteiger partial charge on any atom is 0.257 e. The molecule has 0 bridgehead atoms. The van der Waals surface area contributed by atoms with Gasteiger partial charge in [0.05, 0.1) is 28.4 Å². The van der Waals surface area contributed by atoms with E-state index in [1.165, 1.54) is 11.1 Å². The van der Waals surface area contributed by atoms with Crippen molar-refractivity contribution in [1.29, 1.82) is 0 Å². The molecule has 0 unspecified atom stereocenters. The largest absolute Gasteiger partial charge is 0.492 e. The van der Waals surface area contributed by atoms with Crippen LogP contribution in [0.3, 0.4) is 0 Å². The number of nitrogens with one attached hydrogen (secondary N) is 2. The third-order valence-electron chi connectivity index (χ3n) is 7.78. The smallest absolute Gasteiger partial charge is 0.257 e. The lowest BCUT2D eigenvalue weighted by Gasteiger charge is -2.40. The second kappa shape index (κ2) is 15.8. The Morgan fingerprint density at radius 1 is 0.867 bits per heavy atom. The Labute approximate surface area is 278 Å².